The number of carbonyl (C=O) groups is 2. The average molecular weight is 401 g/mol. The Morgan fingerprint density at radius 2 is 1.88 bits per heavy atom. The van der Waals surface area contributed by atoms with Crippen LogP contribution in [-0.4, -0.2) is 36.9 Å². The highest BCUT2D eigenvalue weighted by Gasteiger charge is 2.33. The predicted molar refractivity (Wildman–Crippen MR) is 103 cm³/mol. The fourth-order valence-electron chi connectivity index (χ4n) is 3.17. The van der Waals surface area contributed by atoms with Gasteiger partial charge in [-0.2, -0.15) is 0 Å². The number of benzene rings is 2. The Balaban J connectivity index is 1.70. The minimum absolute atomic E-state index is 0.0201. The number of amides is 2. The number of anilines is 1. The molecule has 1 saturated heterocycles. The number of hydrogen-bond donors (Lipinski definition) is 0. The molecule has 1 heterocycles. The first-order valence-electron chi connectivity index (χ1n) is 8.35. The quantitative estimate of drug-likeness (QED) is 0.783. The Bertz CT molecular complexity index is 792. The molecule has 5 heteroatoms. The zero-order valence-corrected chi connectivity index (χ0v) is 16.0. The molecule has 0 spiro atoms. The lowest BCUT2D eigenvalue weighted by molar-refractivity contribution is -0.121. The molecular formula is C20H21BrN2O2. The molecule has 0 saturated carbocycles. The van der Waals surface area contributed by atoms with Gasteiger partial charge in [0.2, 0.25) is 5.91 Å². The van der Waals surface area contributed by atoms with Crippen molar-refractivity contribution in [2.75, 3.05) is 25.0 Å². The zero-order chi connectivity index (χ0) is 18.0. The van der Waals surface area contributed by atoms with Crippen LogP contribution in [-0.2, 0) is 4.79 Å². The highest BCUT2D eigenvalue weighted by atomic mass is 79.9. The molecule has 2 aromatic rings. The number of hydrogen-bond acceptors (Lipinski definition) is 2. The van der Waals surface area contributed by atoms with E-state index in [9.17, 15) is 9.59 Å². The number of rotatable bonds is 3. The molecule has 0 radical (unpaired) electrons. The van der Waals surface area contributed by atoms with Crippen molar-refractivity contribution in [3.05, 3.63) is 64.1 Å². The molecular weight excluding hydrogens is 380 g/mol. The van der Waals surface area contributed by atoms with Gasteiger partial charge in [-0.05, 0) is 53.5 Å². The Kier molecular flexibility index (Phi) is 5.23. The molecule has 1 unspecified atom stereocenters. The number of para-hydroxylation sites is 1. The van der Waals surface area contributed by atoms with Crippen molar-refractivity contribution in [1.82, 2.24) is 4.90 Å². The Hall–Kier alpha value is -2.14. The largest absolute Gasteiger partial charge is 0.338 e. The van der Waals surface area contributed by atoms with Crippen molar-refractivity contribution in [2.24, 2.45) is 5.92 Å². The fourth-order valence-corrected chi connectivity index (χ4v) is 3.59. The van der Waals surface area contributed by atoms with Crippen molar-refractivity contribution < 1.29 is 9.59 Å². The maximum Gasteiger partial charge on any atom is 0.255 e. The highest BCUT2D eigenvalue weighted by molar-refractivity contribution is 9.10. The van der Waals surface area contributed by atoms with E-state index in [1.807, 2.05) is 55.5 Å². The summed E-state index contributed by atoms with van der Waals surface area (Å²) in [5.41, 5.74) is 2.57. The number of halogens is 1. The summed E-state index contributed by atoms with van der Waals surface area (Å²) in [5.74, 6) is -0.115. The van der Waals surface area contributed by atoms with Crippen LogP contribution >= 0.6 is 15.9 Å². The maximum absolute atomic E-state index is 12.8. The second kappa shape index (κ2) is 7.40. The van der Waals surface area contributed by atoms with Gasteiger partial charge < -0.3 is 9.80 Å². The number of nitrogens with zero attached hydrogens (tertiary/aromatic N) is 2. The Morgan fingerprint density at radius 1 is 1.16 bits per heavy atom. The molecule has 0 N–H and O–H groups in total. The van der Waals surface area contributed by atoms with Crippen LogP contribution in [0.25, 0.3) is 0 Å². The van der Waals surface area contributed by atoms with Crippen molar-refractivity contribution >= 4 is 33.4 Å². The fraction of sp³-hybridized carbons (Fsp3) is 0.300. The van der Waals surface area contributed by atoms with Crippen LogP contribution in [0.4, 0.5) is 5.69 Å². The molecule has 25 heavy (non-hydrogen) atoms. The molecule has 1 aliphatic rings. The van der Waals surface area contributed by atoms with Gasteiger partial charge in [-0.25, -0.2) is 0 Å². The third kappa shape index (κ3) is 3.76. The Morgan fingerprint density at radius 3 is 2.60 bits per heavy atom. The van der Waals surface area contributed by atoms with Crippen LogP contribution in [0.3, 0.4) is 0 Å². The van der Waals surface area contributed by atoms with Crippen molar-refractivity contribution in [3.8, 4) is 0 Å². The van der Waals surface area contributed by atoms with E-state index in [0.717, 1.165) is 15.7 Å². The molecule has 1 aliphatic heterocycles. The van der Waals surface area contributed by atoms with Gasteiger partial charge in [0.05, 0.1) is 11.5 Å². The van der Waals surface area contributed by atoms with Gasteiger partial charge in [-0.15, -0.1) is 0 Å². The first-order valence-corrected chi connectivity index (χ1v) is 9.14. The minimum Gasteiger partial charge on any atom is -0.338 e. The van der Waals surface area contributed by atoms with Crippen molar-refractivity contribution in [2.45, 2.75) is 13.3 Å². The molecule has 3 rings (SSSR count). The van der Waals surface area contributed by atoms with Crippen LogP contribution in [0.2, 0.25) is 0 Å². The second-order valence-electron chi connectivity index (χ2n) is 6.45. The van der Waals surface area contributed by atoms with Gasteiger partial charge in [0.15, 0.2) is 0 Å². The normalized spacial score (nSPS) is 16.8. The number of carbonyl (C=O) groups excluding carboxylic acids is 2. The monoisotopic (exact) mass is 400 g/mol. The van der Waals surface area contributed by atoms with Gasteiger partial charge in [0, 0.05) is 30.3 Å². The summed E-state index contributed by atoms with van der Waals surface area (Å²) in [4.78, 5) is 29.0. The summed E-state index contributed by atoms with van der Waals surface area (Å²) < 4.78 is 0.791. The van der Waals surface area contributed by atoms with Crippen molar-refractivity contribution in [1.29, 1.82) is 0 Å². The molecule has 1 atom stereocenters. The second-order valence-corrected chi connectivity index (χ2v) is 7.31. The Labute approximate surface area is 156 Å². The average Bonchev–Trinajstić information content (AvgIpc) is 3.12. The number of aryl methyl sites for hydroxylation is 1. The van der Waals surface area contributed by atoms with E-state index in [4.69, 9.17) is 0 Å². The number of likely N-dealkylation sites (tertiary alicyclic amines) is 1. The molecule has 1 fully saturated rings. The van der Waals surface area contributed by atoms with E-state index in [-0.39, 0.29) is 17.7 Å². The van der Waals surface area contributed by atoms with E-state index in [1.165, 1.54) is 0 Å². The van der Waals surface area contributed by atoms with E-state index in [0.29, 0.717) is 25.1 Å². The molecule has 0 bridgehead atoms. The van der Waals surface area contributed by atoms with Crippen molar-refractivity contribution in [3.63, 3.8) is 0 Å². The van der Waals surface area contributed by atoms with Gasteiger partial charge in [0.25, 0.3) is 5.91 Å². The van der Waals surface area contributed by atoms with Gasteiger partial charge >= 0.3 is 0 Å². The van der Waals surface area contributed by atoms with Gasteiger partial charge in [-0.3, -0.25) is 9.59 Å². The van der Waals surface area contributed by atoms with Gasteiger partial charge in [0.1, 0.15) is 0 Å². The lowest BCUT2D eigenvalue weighted by Gasteiger charge is -2.22. The third-order valence-electron chi connectivity index (χ3n) is 4.65. The summed E-state index contributed by atoms with van der Waals surface area (Å²) in [6, 6.07) is 15.3. The van der Waals surface area contributed by atoms with E-state index >= 15 is 0 Å². The molecule has 2 amide bonds. The van der Waals surface area contributed by atoms with Crippen LogP contribution in [0.5, 0.6) is 0 Å². The van der Waals surface area contributed by atoms with E-state index in [1.54, 1.807) is 16.8 Å². The lowest BCUT2D eigenvalue weighted by atomic mass is 10.1. The highest BCUT2D eigenvalue weighted by Crippen LogP contribution is 2.26. The summed E-state index contributed by atoms with van der Waals surface area (Å²) in [7, 11) is 1.79. The standard InChI is InChI=1S/C20H21BrN2O2/c1-14-8-9-18(21)17(12-14)20(25)23-11-10-15(13-23)19(24)22(2)16-6-4-3-5-7-16/h3-9,12,15H,10-11,13H2,1-2H3. The first-order chi connectivity index (χ1) is 12.0. The predicted octanol–water partition coefficient (Wildman–Crippen LogP) is 3.88. The van der Waals surface area contributed by atoms with Crippen LogP contribution in [0.15, 0.2) is 53.0 Å². The molecule has 2 aromatic carbocycles. The zero-order valence-electron chi connectivity index (χ0n) is 14.4. The third-order valence-corrected chi connectivity index (χ3v) is 5.34. The van der Waals surface area contributed by atoms with E-state index in [2.05, 4.69) is 15.9 Å². The minimum atomic E-state index is -0.155. The molecule has 130 valence electrons. The summed E-state index contributed by atoms with van der Waals surface area (Å²) in [5, 5.41) is 0. The van der Waals surface area contributed by atoms with Gasteiger partial charge in [-0.1, -0.05) is 29.8 Å². The molecule has 0 aliphatic carbocycles. The molecule has 0 aromatic heterocycles. The molecule has 4 nitrogen and oxygen atoms in total. The summed E-state index contributed by atoms with van der Waals surface area (Å²) in [6.45, 7) is 3.04. The van der Waals surface area contributed by atoms with Crippen LogP contribution in [0, 0.1) is 12.8 Å². The first kappa shape index (κ1) is 17.7. The van der Waals surface area contributed by atoms with Crippen LogP contribution < -0.4 is 4.90 Å². The summed E-state index contributed by atoms with van der Waals surface area (Å²) >= 11 is 3.45. The van der Waals surface area contributed by atoms with E-state index < -0.39 is 0 Å². The topological polar surface area (TPSA) is 40.6 Å². The SMILES string of the molecule is Cc1ccc(Br)c(C(=O)N2CCC(C(=O)N(C)c3ccccc3)C2)c1. The smallest absolute Gasteiger partial charge is 0.255 e. The van der Waals surface area contributed by atoms with Crippen LogP contribution in [0.1, 0.15) is 22.3 Å². The lowest BCUT2D eigenvalue weighted by Crippen LogP contribution is -2.36. The maximum atomic E-state index is 12.8. The summed E-state index contributed by atoms with van der Waals surface area (Å²) in [6.07, 6.45) is 0.700.